The summed E-state index contributed by atoms with van der Waals surface area (Å²) in [5, 5.41) is 7.42. The van der Waals surface area contributed by atoms with Crippen molar-refractivity contribution in [1.29, 1.82) is 0 Å². The minimum absolute atomic E-state index is 0.106. The standard InChI is InChI=1S/C31H40N4O3/c1-20(2)32-17-22-14-24-18-33-29(36)28(24)25(15-22)27-16-23-13-21(19-34-11-7-6-8-12-34)9-10-26(23)35(27)30(37)38-31(3,4)5/h9-10,13-16,20,32H,6-8,11-12,17-19H2,1-5H3,(H,33,36). The van der Waals surface area contributed by atoms with Crippen LogP contribution in [0.4, 0.5) is 4.79 Å². The second kappa shape index (κ2) is 10.5. The highest BCUT2D eigenvalue weighted by atomic mass is 16.6. The number of benzene rings is 2. The van der Waals surface area contributed by atoms with Crippen LogP contribution in [-0.4, -0.2) is 46.2 Å². The van der Waals surface area contributed by atoms with Gasteiger partial charge in [0, 0.05) is 36.6 Å². The normalized spacial score (nSPS) is 16.2. The zero-order valence-electron chi connectivity index (χ0n) is 23.3. The number of hydrogen-bond acceptors (Lipinski definition) is 5. The van der Waals surface area contributed by atoms with Gasteiger partial charge in [-0.15, -0.1) is 0 Å². The van der Waals surface area contributed by atoms with Gasteiger partial charge in [0.25, 0.3) is 5.91 Å². The summed E-state index contributed by atoms with van der Waals surface area (Å²) >= 11 is 0. The molecule has 1 fully saturated rings. The lowest BCUT2D eigenvalue weighted by Gasteiger charge is -2.26. The number of aromatic nitrogens is 1. The summed E-state index contributed by atoms with van der Waals surface area (Å²) in [6, 6.07) is 12.8. The predicted molar refractivity (Wildman–Crippen MR) is 151 cm³/mol. The number of nitrogens with zero attached hydrogens (tertiary/aromatic N) is 2. The Morgan fingerprint density at radius 2 is 1.82 bits per heavy atom. The maximum Gasteiger partial charge on any atom is 0.419 e. The van der Waals surface area contributed by atoms with E-state index in [9.17, 15) is 9.59 Å². The lowest BCUT2D eigenvalue weighted by molar-refractivity contribution is 0.0547. The number of carbonyl (C=O) groups is 2. The molecule has 2 aliphatic rings. The highest BCUT2D eigenvalue weighted by molar-refractivity contribution is 6.07. The molecule has 0 atom stereocenters. The number of hydrogen-bond donors (Lipinski definition) is 2. The van der Waals surface area contributed by atoms with Crippen molar-refractivity contribution in [3.63, 3.8) is 0 Å². The fourth-order valence-electron chi connectivity index (χ4n) is 5.51. The molecule has 0 saturated carbocycles. The van der Waals surface area contributed by atoms with Crippen LogP contribution in [0.25, 0.3) is 22.2 Å². The van der Waals surface area contributed by atoms with Gasteiger partial charge in [0.15, 0.2) is 0 Å². The molecule has 202 valence electrons. The molecule has 0 unspecified atom stereocenters. The van der Waals surface area contributed by atoms with Crippen LogP contribution < -0.4 is 10.6 Å². The van der Waals surface area contributed by atoms with E-state index < -0.39 is 11.7 Å². The number of fused-ring (bicyclic) bond motifs is 2. The molecule has 7 nitrogen and oxygen atoms in total. The van der Waals surface area contributed by atoms with Gasteiger partial charge < -0.3 is 15.4 Å². The smallest absolute Gasteiger partial charge is 0.419 e. The molecule has 0 bridgehead atoms. The van der Waals surface area contributed by atoms with E-state index in [1.165, 1.54) is 24.8 Å². The molecular formula is C31H40N4O3. The van der Waals surface area contributed by atoms with Crippen molar-refractivity contribution in [2.75, 3.05) is 13.1 Å². The van der Waals surface area contributed by atoms with Gasteiger partial charge in [0.1, 0.15) is 5.60 Å². The summed E-state index contributed by atoms with van der Waals surface area (Å²) in [6.45, 7) is 14.2. The molecule has 5 rings (SSSR count). The van der Waals surface area contributed by atoms with Gasteiger partial charge in [-0.3, -0.25) is 9.69 Å². The fourth-order valence-corrected chi connectivity index (χ4v) is 5.51. The molecule has 7 heteroatoms. The second-order valence-electron chi connectivity index (χ2n) is 12.0. The van der Waals surface area contributed by atoms with Crippen LogP contribution in [0.2, 0.25) is 0 Å². The molecule has 1 aromatic heterocycles. The minimum Gasteiger partial charge on any atom is -0.443 e. The number of rotatable bonds is 6. The number of amides is 1. The monoisotopic (exact) mass is 516 g/mol. The highest BCUT2D eigenvalue weighted by Crippen LogP contribution is 2.36. The number of ether oxygens (including phenoxy) is 1. The fraction of sp³-hybridized carbons (Fsp3) is 0.484. The molecule has 0 aliphatic carbocycles. The van der Waals surface area contributed by atoms with Gasteiger partial charge in [0.2, 0.25) is 0 Å². The Morgan fingerprint density at radius 1 is 1.05 bits per heavy atom. The number of nitrogens with one attached hydrogen (secondary N) is 2. The lowest BCUT2D eigenvalue weighted by atomic mass is 9.96. The summed E-state index contributed by atoms with van der Waals surface area (Å²) in [7, 11) is 0. The summed E-state index contributed by atoms with van der Waals surface area (Å²) in [5.74, 6) is -0.106. The molecule has 0 spiro atoms. The molecular weight excluding hydrogens is 476 g/mol. The van der Waals surface area contributed by atoms with E-state index >= 15 is 0 Å². The van der Waals surface area contributed by atoms with Gasteiger partial charge in [-0.1, -0.05) is 32.4 Å². The van der Waals surface area contributed by atoms with Crippen molar-refractivity contribution in [1.82, 2.24) is 20.1 Å². The van der Waals surface area contributed by atoms with Gasteiger partial charge in [-0.25, -0.2) is 9.36 Å². The maximum absolute atomic E-state index is 13.6. The van der Waals surface area contributed by atoms with Crippen molar-refractivity contribution < 1.29 is 14.3 Å². The van der Waals surface area contributed by atoms with Crippen LogP contribution >= 0.6 is 0 Å². The van der Waals surface area contributed by atoms with Crippen LogP contribution in [0.3, 0.4) is 0 Å². The molecule has 1 amide bonds. The Morgan fingerprint density at radius 3 is 2.53 bits per heavy atom. The van der Waals surface area contributed by atoms with Crippen molar-refractivity contribution in [2.24, 2.45) is 0 Å². The summed E-state index contributed by atoms with van der Waals surface area (Å²) in [4.78, 5) is 29.1. The maximum atomic E-state index is 13.6. The van der Waals surface area contributed by atoms with E-state index in [-0.39, 0.29) is 5.91 Å². The average molecular weight is 517 g/mol. The van der Waals surface area contributed by atoms with E-state index in [1.807, 2.05) is 39.0 Å². The average Bonchev–Trinajstić information content (AvgIpc) is 3.42. The first-order chi connectivity index (χ1) is 18.1. The van der Waals surface area contributed by atoms with E-state index in [2.05, 4.69) is 47.6 Å². The van der Waals surface area contributed by atoms with Crippen LogP contribution in [0.15, 0.2) is 36.4 Å². The quantitative estimate of drug-likeness (QED) is 0.432. The molecule has 3 aromatic rings. The third kappa shape index (κ3) is 5.64. The zero-order valence-corrected chi connectivity index (χ0v) is 23.3. The summed E-state index contributed by atoms with van der Waals surface area (Å²) < 4.78 is 7.51. The summed E-state index contributed by atoms with van der Waals surface area (Å²) in [5.41, 5.74) is 5.48. The lowest BCUT2D eigenvalue weighted by Crippen LogP contribution is -2.29. The predicted octanol–water partition coefficient (Wildman–Crippen LogP) is 5.82. The first-order valence-electron chi connectivity index (χ1n) is 13.9. The highest BCUT2D eigenvalue weighted by Gasteiger charge is 2.29. The Balaban J connectivity index is 1.64. The zero-order chi connectivity index (χ0) is 27.0. The first kappa shape index (κ1) is 26.4. The van der Waals surface area contributed by atoms with Crippen LogP contribution in [-0.2, 0) is 24.4 Å². The summed E-state index contributed by atoms with van der Waals surface area (Å²) in [6.07, 6.45) is 3.36. The Hall–Kier alpha value is -3.16. The van der Waals surface area contributed by atoms with Gasteiger partial charge in [-0.2, -0.15) is 0 Å². The third-order valence-electron chi connectivity index (χ3n) is 7.23. The SMILES string of the molecule is CC(C)NCc1cc2c(c(-c3cc4cc(CN5CCCCC5)ccc4n3C(=O)OC(C)(C)C)c1)C(=O)NC2. The molecule has 3 heterocycles. The number of carbonyl (C=O) groups excluding carboxylic acids is 2. The van der Waals surface area contributed by atoms with Crippen molar-refractivity contribution in [3.05, 3.63) is 58.7 Å². The van der Waals surface area contributed by atoms with E-state index in [1.54, 1.807) is 4.57 Å². The molecule has 2 aliphatic heterocycles. The first-order valence-corrected chi connectivity index (χ1v) is 13.9. The number of piperidine rings is 1. The van der Waals surface area contributed by atoms with Crippen LogP contribution in [0, 0.1) is 0 Å². The molecule has 1 saturated heterocycles. The van der Waals surface area contributed by atoms with Gasteiger partial charge >= 0.3 is 6.09 Å². The van der Waals surface area contributed by atoms with E-state index in [0.29, 0.717) is 30.4 Å². The molecule has 38 heavy (non-hydrogen) atoms. The third-order valence-corrected chi connectivity index (χ3v) is 7.23. The Kier molecular flexibility index (Phi) is 7.34. The van der Waals surface area contributed by atoms with Gasteiger partial charge in [-0.05, 0) is 87.7 Å². The molecule has 2 N–H and O–H groups in total. The molecule has 0 radical (unpaired) electrons. The van der Waals surface area contributed by atoms with E-state index in [0.717, 1.165) is 47.2 Å². The van der Waals surface area contributed by atoms with Gasteiger partial charge in [0.05, 0.1) is 16.8 Å². The van der Waals surface area contributed by atoms with E-state index in [4.69, 9.17) is 4.74 Å². The largest absolute Gasteiger partial charge is 0.443 e. The second-order valence-corrected chi connectivity index (χ2v) is 12.0. The van der Waals surface area contributed by atoms with Crippen molar-refractivity contribution in [2.45, 2.75) is 85.2 Å². The van der Waals surface area contributed by atoms with Crippen molar-refractivity contribution in [3.8, 4) is 11.3 Å². The Bertz CT molecular complexity index is 1360. The van der Waals surface area contributed by atoms with Crippen LogP contribution in [0.1, 0.15) is 80.9 Å². The number of likely N-dealkylation sites (tertiary alicyclic amines) is 1. The van der Waals surface area contributed by atoms with Crippen molar-refractivity contribution >= 4 is 22.9 Å². The van der Waals surface area contributed by atoms with Crippen LogP contribution in [0.5, 0.6) is 0 Å². The Labute approximate surface area is 225 Å². The topological polar surface area (TPSA) is 75.6 Å². The molecule has 2 aromatic carbocycles. The minimum atomic E-state index is -0.651.